The number of rotatable bonds is 6. The third-order valence-electron chi connectivity index (χ3n) is 5.34. The van der Waals surface area contributed by atoms with Gasteiger partial charge < -0.3 is 14.9 Å². The van der Waals surface area contributed by atoms with Crippen molar-refractivity contribution >= 4 is 23.1 Å². The number of nitrogens with zero attached hydrogens (tertiary/aromatic N) is 1. The van der Waals surface area contributed by atoms with Gasteiger partial charge in [-0.05, 0) is 66.6 Å². The van der Waals surface area contributed by atoms with Crippen molar-refractivity contribution in [2.24, 2.45) is 0 Å². The number of benzene rings is 3. The number of anilines is 1. The average molecular weight is 447 g/mol. The number of hydrogen-bond acceptors (Lipinski definition) is 5. The fourth-order valence-electron chi connectivity index (χ4n) is 3.78. The Hall–Kier alpha value is -4.13. The number of phenolic OH excluding ortho intramolecular Hbond substituents is 1. The van der Waals surface area contributed by atoms with Crippen molar-refractivity contribution < 1.29 is 28.9 Å². The van der Waals surface area contributed by atoms with Gasteiger partial charge in [-0.2, -0.15) is 0 Å². The predicted octanol–water partition coefficient (Wildman–Crippen LogP) is 4.95. The largest absolute Gasteiger partial charge is 0.508 e. The van der Waals surface area contributed by atoms with Gasteiger partial charge in [-0.3, -0.25) is 14.5 Å². The van der Waals surface area contributed by atoms with Crippen molar-refractivity contribution in [3.05, 3.63) is 95.3 Å². The van der Waals surface area contributed by atoms with Gasteiger partial charge in [0.25, 0.3) is 11.7 Å². The van der Waals surface area contributed by atoms with Gasteiger partial charge in [-0.15, -0.1) is 0 Å². The van der Waals surface area contributed by atoms with E-state index in [0.29, 0.717) is 23.5 Å². The number of carbonyl (C=O) groups is 2. The summed E-state index contributed by atoms with van der Waals surface area (Å²) in [4.78, 5) is 27.3. The molecule has 3 aromatic carbocycles. The van der Waals surface area contributed by atoms with Crippen LogP contribution in [0.5, 0.6) is 11.5 Å². The van der Waals surface area contributed by atoms with Gasteiger partial charge in [0.05, 0.1) is 18.2 Å². The van der Waals surface area contributed by atoms with E-state index in [1.165, 1.54) is 30.3 Å². The molecule has 1 heterocycles. The van der Waals surface area contributed by atoms with Gasteiger partial charge in [-0.25, -0.2) is 4.39 Å². The fraction of sp³-hybridized carbons (Fsp3) is 0.154. The number of phenols is 1. The van der Waals surface area contributed by atoms with Crippen molar-refractivity contribution in [3.63, 3.8) is 0 Å². The SMILES string of the molecule is CCCOc1ccc(/C(O)=C2\C(=O)C(=O)N(c3cccc(F)c3)C2c2ccc(O)cc2)cc1. The molecule has 4 rings (SSSR count). The van der Waals surface area contributed by atoms with Crippen molar-refractivity contribution in [1.29, 1.82) is 0 Å². The van der Waals surface area contributed by atoms with Crippen LogP contribution in [0.1, 0.15) is 30.5 Å². The summed E-state index contributed by atoms with van der Waals surface area (Å²) in [6, 6.07) is 16.8. The van der Waals surface area contributed by atoms with Crippen LogP contribution in [0.4, 0.5) is 10.1 Å². The van der Waals surface area contributed by atoms with Crippen LogP contribution in [0.3, 0.4) is 0 Å². The van der Waals surface area contributed by atoms with Crippen LogP contribution in [0, 0.1) is 5.82 Å². The summed E-state index contributed by atoms with van der Waals surface area (Å²) in [7, 11) is 0. The third kappa shape index (κ3) is 4.30. The minimum absolute atomic E-state index is 0.00382. The summed E-state index contributed by atoms with van der Waals surface area (Å²) in [6.45, 7) is 2.53. The molecule has 168 valence electrons. The average Bonchev–Trinajstić information content (AvgIpc) is 3.08. The molecule has 1 aliphatic rings. The van der Waals surface area contributed by atoms with E-state index in [4.69, 9.17) is 4.74 Å². The second-order valence-corrected chi connectivity index (χ2v) is 7.61. The number of halogens is 1. The second kappa shape index (κ2) is 9.16. The van der Waals surface area contributed by atoms with E-state index >= 15 is 0 Å². The normalized spacial score (nSPS) is 17.4. The molecule has 2 N–H and O–H groups in total. The topological polar surface area (TPSA) is 87.1 Å². The molecule has 7 heteroatoms. The molecular formula is C26H22FNO5. The molecule has 1 unspecified atom stereocenters. The zero-order valence-electron chi connectivity index (χ0n) is 17.9. The smallest absolute Gasteiger partial charge is 0.300 e. The summed E-state index contributed by atoms with van der Waals surface area (Å²) in [6.07, 6.45) is 0.845. The summed E-state index contributed by atoms with van der Waals surface area (Å²) >= 11 is 0. The summed E-state index contributed by atoms with van der Waals surface area (Å²) in [5, 5.41) is 20.8. The number of ether oxygens (including phenoxy) is 1. The fourth-order valence-corrected chi connectivity index (χ4v) is 3.78. The lowest BCUT2D eigenvalue weighted by Gasteiger charge is -2.25. The van der Waals surface area contributed by atoms with Crippen LogP contribution in [-0.2, 0) is 9.59 Å². The first-order valence-corrected chi connectivity index (χ1v) is 10.5. The van der Waals surface area contributed by atoms with Crippen LogP contribution < -0.4 is 9.64 Å². The molecule has 0 radical (unpaired) electrons. The molecule has 0 saturated carbocycles. The molecular weight excluding hydrogens is 425 g/mol. The van der Waals surface area contributed by atoms with Crippen LogP contribution in [0.15, 0.2) is 78.4 Å². The zero-order valence-corrected chi connectivity index (χ0v) is 17.9. The van der Waals surface area contributed by atoms with Gasteiger partial charge in [0, 0.05) is 11.3 Å². The van der Waals surface area contributed by atoms with Crippen molar-refractivity contribution in [1.82, 2.24) is 0 Å². The highest BCUT2D eigenvalue weighted by Gasteiger charge is 2.47. The summed E-state index contributed by atoms with van der Waals surface area (Å²) in [5.74, 6) is -2.08. The van der Waals surface area contributed by atoms with Gasteiger partial charge in [-0.1, -0.05) is 25.1 Å². The van der Waals surface area contributed by atoms with Crippen molar-refractivity contribution in [2.75, 3.05) is 11.5 Å². The Morgan fingerprint density at radius 2 is 1.73 bits per heavy atom. The van der Waals surface area contributed by atoms with Crippen molar-refractivity contribution in [2.45, 2.75) is 19.4 Å². The highest BCUT2D eigenvalue weighted by atomic mass is 19.1. The molecule has 1 fully saturated rings. The molecule has 1 atom stereocenters. The van der Waals surface area contributed by atoms with Crippen LogP contribution in [0.2, 0.25) is 0 Å². The van der Waals surface area contributed by atoms with Crippen LogP contribution in [-0.4, -0.2) is 28.5 Å². The molecule has 0 spiro atoms. The number of Topliss-reactive ketones (excluding diaryl/α,β-unsaturated/α-hetero) is 1. The highest BCUT2D eigenvalue weighted by molar-refractivity contribution is 6.51. The van der Waals surface area contributed by atoms with Crippen LogP contribution >= 0.6 is 0 Å². The van der Waals surface area contributed by atoms with Gasteiger partial charge in [0.2, 0.25) is 0 Å². The van der Waals surface area contributed by atoms with Gasteiger partial charge in [0.15, 0.2) is 0 Å². The highest BCUT2D eigenvalue weighted by Crippen LogP contribution is 2.42. The number of carbonyl (C=O) groups excluding carboxylic acids is 2. The van der Waals surface area contributed by atoms with Gasteiger partial charge >= 0.3 is 0 Å². The molecule has 6 nitrogen and oxygen atoms in total. The Balaban J connectivity index is 1.85. The Bertz CT molecular complexity index is 1220. The number of aliphatic hydroxyl groups excluding tert-OH is 1. The maximum absolute atomic E-state index is 13.9. The Morgan fingerprint density at radius 3 is 2.36 bits per heavy atom. The molecule has 1 aliphatic heterocycles. The molecule has 3 aromatic rings. The number of aromatic hydroxyl groups is 1. The first-order valence-electron chi connectivity index (χ1n) is 10.5. The molecule has 33 heavy (non-hydrogen) atoms. The summed E-state index contributed by atoms with van der Waals surface area (Å²) in [5.41, 5.74) is 0.857. The number of hydrogen-bond donors (Lipinski definition) is 2. The molecule has 1 amide bonds. The number of ketones is 1. The van der Waals surface area contributed by atoms with E-state index in [0.717, 1.165) is 17.4 Å². The molecule has 1 saturated heterocycles. The second-order valence-electron chi connectivity index (χ2n) is 7.61. The maximum atomic E-state index is 13.9. The van der Waals surface area contributed by atoms with E-state index in [2.05, 4.69) is 0 Å². The standard InChI is InChI=1S/C26H22FNO5/c1-2-14-33-21-12-8-17(9-13-21)24(30)22-23(16-6-10-20(29)11-7-16)28(26(32)25(22)31)19-5-3-4-18(27)15-19/h3-13,15,23,29-30H,2,14H2,1H3/b24-22+. The quantitative estimate of drug-likeness (QED) is 0.317. The Kier molecular flexibility index (Phi) is 6.13. The Morgan fingerprint density at radius 1 is 1.03 bits per heavy atom. The summed E-state index contributed by atoms with van der Waals surface area (Å²) < 4.78 is 19.5. The van der Waals surface area contributed by atoms with E-state index in [9.17, 15) is 24.2 Å². The first-order chi connectivity index (χ1) is 15.9. The van der Waals surface area contributed by atoms with Crippen LogP contribution in [0.25, 0.3) is 5.76 Å². The van der Waals surface area contributed by atoms with E-state index in [-0.39, 0.29) is 22.8 Å². The maximum Gasteiger partial charge on any atom is 0.300 e. The van der Waals surface area contributed by atoms with E-state index in [1.54, 1.807) is 36.4 Å². The van der Waals surface area contributed by atoms with Gasteiger partial charge in [0.1, 0.15) is 23.1 Å². The lowest BCUT2D eigenvalue weighted by atomic mass is 9.95. The third-order valence-corrected chi connectivity index (χ3v) is 5.34. The van der Waals surface area contributed by atoms with E-state index in [1.807, 2.05) is 6.92 Å². The number of amides is 1. The van der Waals surface area contributed by atoms with E-state index < -0.39 is 23.5 Å². The zero-order chi connectivity index (χ0) is 23.5. The minimum Gasteiger partial charge on any atom is -0.508 e. The Labute approximate surface area is 190 Å². The molecule has 0 aromatic heterocycles. The predicted molar refractivity (Wildman–Crippen MR) is 122 cm³/mol. The number of aliphatic hydroxyl groups is 1. The van der Waals surface area contributed by atoms with Crippen molar-refractivity contribution in [3.8, 4) is 11.5 Å². The lowest BCUT2D eigenvalue weighted by Crippen LogP contribution is -2.29. The molecule has 0 bridgehead atoms. The minimum atomic E-state index is -1.01. The molecule has 0 aliphatic carbocycles. The monoisotopic (exact) mass is 447 g/mol. The lowest BCUT2D eigenvalue weighted by molar-refractivity contribution is -0.132. The first kappa shape index (κ1) is 22.1.